The molecule has 6 heteroatoms. The highest BCUT2D eigenvalue weighted by atomic mass is 32.2. The lowest BCUT2D eigenvalue weighted by molar-refractivity contribution is -0.539. The predicted octanol–water partition coefficient (Wildman–Crippen LogP) is 9.13. The van der Waals surface area contributed by atoms with Crippen molar-refractivity contribution in [2.75, 3.05) is 18.0 Å². The van der Waals surface area contributed by atoms with Crippen molar-refractivity contribution in [2.45, 2.75) is 71.9 Å². The Labute approximate surface area is 293 Å². The van der Waals surface area contributed by atoms with Gasteiger partial charge in [0.15, 0.2) is 12.3 Å². The standard InChI is InChI=1S/C43H48N2O3S/c1-8-44(29-33-14-10-12-31(3)26-33)38-21-16-35(17-22-38)42(40-25-20-37(43(5,6)7)28-41(40)49(46,47)48)36-18-23-39(24-19-36)45(9-2)30-34-15-11-13-32(4)27-34/h10-28H,8-9,29-30H2,1-7H3. The van der Waals surface area contributed by atoms with Crippen molar-refractivity contribution in [3.05, 3.63) is 160 Å². The number of aryl methyl sites for hydroxylation is 2. The quantitative estimate of drug-likeness (QED) is 0.125. The molecule has 49 heavy (non-hydrogen) atoms. The molecule has 0 atom stereocenters. The molecular weight excluding hydrogens is 625 g/mol. The number of hydrogen-bond donors (Lipinski definition) is 0. The first-order chi connectivity index (χ1) is 23.3. The minimum Gasteiger partial charge on any atom is -0.744 e. The van der Waals surface area contributed by atoms with E-state index in [1.165, 1.54) is 22.3 Å². The summed E-state index contributed by atoms with van der Waals surface area (Å²) >= 11 is 0. The Morgan fingerprint density at radius 1 is 0.776 bits per heavy atom. The summed E-state index contributed by atoms with van der Waals surface area (Å²) in [6.45, 7) is 17.7. The van der Waals surface area contributed by atoms with Crippen LogP contribution in [0.5, 0.6) is 0 Å². The molecule has 0 bridgehead atoms. The Bertz CT molecular complexity index is 2040. The number of allylic oxidation sites excluding steroid dienone is 5. The molecule has 0 heterocycles. The second kappa shape index (κ2) is 14.9. The van der Waals surface area contributed by atoms with Crippen LogP contribution in [-0.4, -0.2) is 36.3 Å². The molecule has 1 aliphatic rings. The zero-order valence-corrected chi connectivity index (χ0v) is 30.6. The van der Waals surface area contributed by atoms with Crippen LogP contribution >= 0.6 is 0 Å². The molecule has 0 fully saturated rings. The van der Waals surface area contributed by atoms with Crippen molar-refractivity contribution in [3.8, 4) is 0 Å². The highest BCUT2D eigenvalue weighted by Crippen LogP contribution is 2.37. The number of hydrogen-bond acceptors (Lipinski definition) is 4. The number of anilines is 1. The molecule has 0 saturated carbocycles. The second-order valence-electron chi connectivity index (χ2n) is 13.9. The van der Waals surface area contributed by atoms with Gasteiger partial charge in [0.2, 0.25) is 0 Å². The van der Waals surface area contributed by atoms with Crippen molar-refractivity contribution in [3.63, 3.8) is 0 Å². The van der Waals surface area contributed by atoms with E-state index in [2.05, 4.69) is 110 Å². The minimum absolute atomic E-state index is 0.202. The van der Waals surface area contributed by atoms with Gasteiger partial charge in [0.05, 0.1) is 4.90 Å². The van der Waals surface area contributed by atoms with Crippen molar-refractivity contribution in [1.29, 1.82) is 0 Å². The molecule has 4 aromatic carbocycles. The Morgan fingerprint density at radius 2 is 1.39 bits per heavy atom. The van der Waals surface area contributed by atoms with Gasteiger partial charge in [0.25, 0.3) is 0 Å². The molecule has 0 N–H and O–H groups in total. The topological polar surface area (TPSA) is 63.5 Å². The fourth-order valence-electron chi connectivity index (χ4n) is 6.39. The summed E-state index contributed by atoms with van der Waals surface area (Å²) in [5.41, 5.74) is 10.3. The van der Waals surface area contributed by atoms with E-state index in [1.54, 1.807) is 12.1 Å². The highest BCUT2D eigenvalue weighted by molar-refractivity contribution is 7.85. The van der Waals surface area contributed by atoms with Gasteiger partial charge < -0.3 is 9.45 Å². The van der Waals surface area contributed by atoms with Crippen molar-refractivity contribution in [2.24, 2.45) is 0 Å². The van der Waals surface area contributed by atoms with Gasteiger partial charge in [-0.3, -0.25) is 0 Å². The van der Waals surface area contributed by atoms with E-state index in [9.17, 15) is 13.0 Å². The summed E-state index contributed by atoms with van der Waals surface area (Å²) < 4.78 is 40.9. The Balaban J connectivity index is 1.62. The molecule has 0 saturated heterocycles. The summed E-state index contributed by atoms with van der Waals surface area (Å²) in [5.74, 6) is 0. The summed E-state index contributed by atoms with van der Waals surface area (Å²) in [7, 11) is -4.79. The Morgan fingerprint density at radius 3 is 1.94 bits per heavy atom. The van der Waals surface area contributed by atoms with Crippen LogP contribution in [0.25, 0.3) is 5.57 Å². The van der Waals surface area contributed by atoms with E-state index < -0.39 is 10.1 Å². The first kappa shape index (κ1) is 35.8. The fraction of sp³-hybridized carbons (Fsp3) is 0.279. The lowest BCUT2D eigenvalue weighted by Crippen LogP contribution is -2.22. The third kappa shape index (κ3) is 8.75. The second-order valence-corrected chi connectivity index (χ2v) is 15.2. The molecule has 0 amide bonds. The first-order valence-corrected chi connectivity index (χ1v) is 18.5. The maximum atomic E-state index is 12.9. The average molecular weight is 673 g/mol. The molecular formula is C43H48N2O3S. The van der Waals surface area contributed by atoms with Gasteiger partial charge in [-0.25, -0.2) is 13.0 Å². The number of rotatable bonds is 10. The minimum atomic E-state index is -4.79. The SMILES string of the molecule is CCN(Cc1cccc(C)c1)c1ccc(C(=C2C=CC(=[N+](CC)Cc3cccc(C)c3)C=C2)c2ccc(C(C)(C)C)cc2S(=O)(=O)[O-])cc1. The fourth-order valence-corrected chi connectivity index (χ4v) is 7.10. The molecule has 1 aliphatic carbocycles. The smallest absolute Gasteiger partial charge is 0.200 e. The van der Waals surface area contributed by atoms with Gasteiger partial charge in [-0.05, 0) is 97.4 Å². The van der Waals surface area contributed by atoms with Gasteiger partial charge in [0.1, 0.15) is 16.7 Å². The van der Waals surface area contributed by atoms with Crippen LogP contribution in [0, 0.1) is 13.8 Å². The molecule has 0 spiro atoms. The largest absolute Gasteiger partial charge is 0.744 e. The normalized spacial score (nSPS) is 13.1. The van der Waals surface area contributed by atoms with Gasteiger partial charge in [-0.15, -0.1) is 0 Å². The van der Waals surface area contributed by atoms with E-state index in [-0.39, 0.29) is 10.3 Å². The summed E-state index contributed by atoms with van der Waals surface area (Å²) in [6, 6.07) is 30.6. The number of nitrogens with zero attached hydrogens (tertiary/aromatic N) is 2. The maximum absolute atomic E-state index is 12.9. The molecule has 0 aromatic heterocycles. The van der Waals surface area contributed by atoms with E-state index in [0.717, 1.165) is 54.3 Å². The van der Waals surface area contributed by atoms with Crippen LogP contribution in [0.15, 0.2) is 126 Å². The van der Waals surface area contributed by atoms with Crippen LogP contribution in [0.1, 0.15) is 73.6 Å². The molecule has 4 aromatic rings. The van der Waals surface area contributed by atoms with E-state index in [1.807, 2.05) is 51.1 Å². The molecule has 0 aliphatic heterocycles. The van der Waals surface area contributed by atoms with Crippen LogP contribution in [0.3, 0.4) is 0 Å². The van der Waals surface area contributed by atoms with Gasteiger partial charge in [-0.2, -0.15) is 0 Å². The van der Waals surface area contributed by atoms with E-state index >= 15 is 0 Å². The average Bonchev–Trinajstić information content (AvgIpc) is 3.06. The van der Waals surface area contributed by atoms with Crippen LogP contribution in [-0.2, 0) is 28.6 Å². The summed E-state index contributed by atoms with van der Waals surface area (Å²) in [5, 5.41) is 0. The Hall–Kier alpha value is -4.52. The summed E-state index contributed by atoms with van der Waals surface area (Å²) in [4.78, 5) is 2.11. The third-order valence-corrected chi connectivity index (χ3v) is 9.98. The molecule has 0 radical (unpaired) electrons. The van der Waals surface area contributed by atoms with Gasteiger partial charge in [-0.1, -0.05) is 98.6 Å². The van der Waals surface area contributed by atoms with Gasteiger partial charge in [0, 0.05) is 42.1 Å². The van der Waals surface area contributed by atoms with Gasteiger partial charge >= 0.3 is 0 Å². The van der Waals surface area contributed by atoms with E-state index in [0.29, 0.717) is 11.1 Å². The monoisotopic (exact) mass is 672 g/mol. The highest BCUT2D eigenvalue weighted by Gasteiger charge is 2.23. The van der Waals surface area contributed by atoms with Crippen LogP contribution in [0.2, 0.25) is 0 Å². The lowest BCUT2D eigenvalue weighted by atomic mass is 9.84. The zero-order valence-electron chi connectivity index (χ0n) is 29.8. The number of benzene rings is 4. The zero-order chi connectivity index (χ0) is 35.3. The molecule has 0 unspecified atom stereocenters. The first-order valence-electron chi connectivity index (χ1n) is 17.1. The third-order valence-electron chi connectivity index (χ3n) is 9.10. The molecule has 254 valence electrons. The lowest BCUT2D eigenvalue weighted by Gasteiger charge is -2.25. The van der Waals surface area contributed by atoms with E-state index in [4.69, 9.17) is 0 Å². The van der Waals surface area contributed by atoms with Crippen molar-refractivity contribution < 1.29 is 17.5 Å². The Kier molecular flexibility index (Phi) is 10.9. The van der Waals surface area contributed by atoms with Crippen LogP contribution < -0.4 is 4.90 Å². The van der Waals surface area contributed by atoms with Crippen molar-refractivity contribution in [1.82, 2.24) is 0 Å². The maximum Gasteiger partial charge on any atom is 0.200 e. The van der Waals surface area contributed by atoms with Crippen molar-refractivity contribution >= 4 is 27.1 Å². The van der Waals surface area contributed by atoms with Crippen LogP contribution in [0.4, 0.5) is 5.69 Å². The molecule has 5 rings (SSSR count). The molecule has 5 nitrogen and oxygen atoms in total. The predicted molar refractivity (Wildman–Crippen MR) is 202 cm³/mol. The summed E-state index contributed by atoms with van der Waals surface area (Å²) in [6.07, 6.45) is 8.23.